The summed E-state index contributed by atoms with van der Waals surface area (Å²) in [5.41, 5.74) is 2.84. The highest BCUT2D eigenvalue weighted by Crippen LogP contribution is 2.48. The molecule has 0 radical (unpaired) electrons. The number of aliphatic hydroxyl groups excluding tert-OH is 1. The smallest absolute Gasteiger partial charge is 0.0634 e. The van der Waals surface area contributed by atoms with Gasteiger partial charge in [-0.25, -0.2) is 0 Å². The Morgan fingerprint density at radius 3 is 2.20 bits per heavy atom. The second-order valence-electron chi connectivity index (χ2n) is 5.04. The molecule has 0 aliphatic heterocycles. The molecule has 1 saturated carbocycles. The van der Waals surface area contributed by atoms with Crippen LogP contribution >= 0.6 is 0 Å². The van der Waals surface area contributed by atoms with E-state index in [4.69, 9.17) is 0 Å². The van der Waals surface area contributed by atoms with Gasteiger partial charge in [0.05, 0.1) is 6.10 Å². The molecule has 1 aliphatic rings. The average Bonchev–Trinajstić information content (AvgIpc) is 2.99. The minimum absolute atomic E-state index is 0.162. The van der Waals surface area contributed by atoms with E-state index in [1.165, 1.54) is 24.0 Å². The predicted octanol–water partition coefficient (Wildman–Crippen LogP) is 2.95. The van der Waals surface area contributed by atoms with Crippen LogP contribution in [0.1, 0.15) is 37.8 Å². The van der Waals surface area contributed by atoms with Crippen LogP contribution in [0.15, 0.2) is 24.3 Å². The van der Waals surface area contributed by atoms with E-state index in [-0.39, 0.29) is 11.5 Å². The van der Waals surface area contributed by atoms with Crippen LogP contribution in [-0.4, -0.2) is 11.2 Å². The molecule has 1 unspecified atom stereocenters. The number of benzene rings is 1. The highest BCUT2D eigenvalue weighted by Gasteiger charge is 2.43. The van der Waals surface area contributed by atoms with Crippen LogP contribution < -0.4 is 0 Å². The van der Waals surface area contributed by atoms with Gasteiger partial charge in [-0.15, -0.1) is 0 Å². The van der Waals surface area contributed by atoms with Gasteiger partial charge < -0.3 is 5.11 Å². The third kappa shape index (κ3) is 2.40. The highest BCUT2D eigenvalue weighted by atomic mass is 16.3. The van der Waals surface area contributed by atoms with Crippen molar-refractivity contribution < 1.29 is 5.11 Å². The van der Waals surface area contributed by atoms with Crippen LogP contribution in [0.5, 0.6) is 0 Å². The molecule has 0 aromatic heterocycles. The fourth-order valence-electron chi connectivity index (χ4n) is 1.91. The van der Waals surface area contributed by atoms with Crippen LogP contribution in [-0.2, 0) is 12.8 Å². The molecule has 1 aromatic rings. The zero-order valence-electron chi connectivity index (χ0n) is 9.66. The fourth-order valence-corrected chi connectivity index (χ4v) is 1.91. The predicted molar refractivity (Wildman–Crippen MR) is 62.9 cm³/mol. The van der Waals surface area contributed by atoms with Gasteiger partial charge >= 0.3 is 0 Å². The third-order valence-electron chi connectivity index (χ3n) is 3.70. The van der Waals surface area contributed by atoms with Gasteiger partial charge in [0, 0.05) is 0 Å². The van der Waals surface area contributed by atoms with Crippen LogP contribution in [0, 0.1) is 5.41 Å². The molecule has 1 nitrogen and oxygen atoms in total. The first-order valence-corrected chi connectivity index (χ1v) is 5.90. The van der Waals surface area contributed by atoms with Crippen LogP contribution in [0.4, 0.5) is 0 Å². The van der Waals surface area contributed by atoms with Gasteiger partial charge in [-0.1, -0.05) is 38.1 Å². The Bertz CT molecular complexity index is 322. The molecule has 1 atom stereocenters. The zero-order valence-corrected chi connectivity index (χ0v) is 9.66. The lowest BCUT2D eigenvalue weighted by Crippen LogP contribution is -2.21. The molecular formula is C14H20O. The summed E-state index contributed by atoms with van der Waals surface area (Å²) in [7, 11) is 0. The summed E-state index contributed by atoms with van der Waals surface area (Å²) in [4.78, 5) is 0. The SMILES string of the molecule is CCc1ccc(CC(O)C2(C)CC2)cc1. The van der Waals surface area contributed by atoms with Crippen molar-refractivity contribution in [2.24, 2.45) is 5.41 Å². The van der Waals surface area contributed by atoms with Gasteiger partial charge in [0.15, 0.2) is 0 Å². The van der Waals surface area contributed by atoms with E-state index in [0.717, 1.165) is 12.8 Å². The standard InChI is InChI=1S/C14H20O/c1-3-11-4-6-12(7-5-11)10-13(15)14(2)8-9-14/h4-7,13,15H,3,8-10H2,1-2H3. The number of hydrogen-bond donors (Lipinski definition) is 1. The summed E-state index contributed by atoms with van der Waals surface area (Å²) in [6.07, 6.45) is 4.09. The van der Waals surface area contributed by atoms with E-state index < -0.39 is 0 Å². The van der Waals surface area contributed by atoms with Gasteiger partial charge in [0.25, 0.3) is 0 Å². The van der Waals surface area contributed by atoms with Crippen molar-refractivity contribution >= 4 is 0 Å². The molecule has 2 rings (SSSR count). The van der Waals surface area contributed by atoms with Gasteiger partial charge in [-0.05, 0) is 42.2 Å². The monoisotopic (exact) mass is 204 g/mol. The molecule has 1 aromatic carbocycles. The number of hydrogen-bond acceptors (Lipinski definition) is 1. The first kappa shape index (κ1) is 10.7. The van der Waals surface area contributed by atoms with E-state index in [1.54, 1.807) is 0 Å². The lowest BCUT2D eigenvalue weighted by Gasteiger charge is -2.17. The van der Waals surface area contributed by atoms with E-state index in [0.29, 0.717) is 0 Å². The Morgan fingerprint density at radius 1 is 1.20 bits per heavy atom. The summed E-state index contributed by atoms with van der Waals surface area (Å²) >= 11 is 0. The summed E-state index contributed by atoms with van der Waals surface area (Å²) in [6, 6.07) is 8.62. The minimum Gasteiger partial charge on any atom is -0.392 e. The minimum atomic E-state index is -0.162. The van der Waals surface area contributed by atoms with E-state index in [9.17, 15) is 5.11 Å². The molecule has 82 valence electrons. The summed E-state index contributed by atoms with van der Waals surface area (Å²) in [5.74, 6) is 0. The Balaban J connectivity index is 1.98. The first-order valence-electron chi connectivity index (χ1n) is 5.90. The normalized spacial score (nSPS) is 19.9. The van der Waals surface area contributed by atoms with Crippen molar-refractivity contribution in [3.63, 3.8) is 0 Å². The van der Waals surface area contributed by atoms with E-state index in [1.807, 2.05) is 0 Å². The lowest BCUT2D eigenvalue weighted by molar-refractivity contribution is 0.103. The van der Waals surface area contributed by atoms with Gasteiger partial charge in [0.2, 0.25) is 0 Å². The maximum Gasteiger partial charge on any atom is 0.0634 e. The molecule has 1 N–H and O–H groups in total. The van der Waals surface area contributed by atoms with Crippen molar-refractivity contribution in [2.45, 2.75) is 45.6 Å². The summed E-state index contributed by atoms with van der Waals surface area (Å²) in [5, 5.41) is 10.0. The number of aryl methyl sites for hydroxylation is 1. The summed E-state index contributed by atoms with van der Waals surface area (Å²) < 4.78 is 0. The van der Waals surface area contributed by atoms with E-state index >= 15 is 0 Å². The Labute approximate surface area is 92.1 Å². The molecule has 0 spiro atoms. The zero-order chi connectivity index (χ0) is 10.9. The van der Waals surface area contributed by atoms with Gasteiger partial charge in [-0.3, -0.25) is 0 Å². The largest absolute Gasteiger partial charge is 0.392 e. The maximum absolute atomic E-state index is 10.0. The third-order valence-corrected chi connectivity index (χ3v) is 3.70. The molecular weight excluding hydrogens is 184 g/mol. The molecule has 1 heteroatoms. The molecule has 0 bridgehead atoms. The fraction of sp³-hybridized carbons (Fsp3) is 0.571. The van der Waals surface area contributed by atoms with Crippen molar-refractivity contribution in [3.05, 3.63) is 35.4 Å². The Hall–Kier alpha value is -0.820. The topological polar surface area (TPSA) is 20.2 Å². The van der Waals surface area contributed by atoms with Crippen molar-refractivity contribution in [1.29, 1.82) is 0 Å². The van der Waals surface area contributed by atoms with Crippen LogP contribution in [0.2, 0.25) is 0 Å². The van der Waals surface area contributed by atoms with Crippen molar-refractivity contribution in [2.75, 3.05) is 0 Å². The molecule has 15 heavy (non-hydrogen) atoms. The molecule has 1 aliphatic carbocycles. The van der Waals surface area contributed by atoms with Gasteiger partial charge in [-0.2, -0.15) is 0 Å². The molecule has 0 amide bonds. The first-order chi connectivity index (χ1) is 7.14. The number of rotatable bonds is 4. The van der Waals surface area contributed by atoms with Gasteiger partial charge in [0.1, 0.15) is 0 Å². The second kappa shape index (κ2) is 3.97. The number of aliphatic hydroxyl groups is 1. The quantitative estimate of drug-likeness (QED) is 0.799. The summed E-state index contributed by atoms with van der Waals surface area (Å²) in [6.45, 7) is 4.34. The Morgan fingerprint density at radius 2 is 1.73 bits per heavy atom. The van der Waals surface area contributed by atoms with E-state index in [2.05, 4.69) is 38.1 Å². The second-order valence-corrected chi connectivity index (χ2v) is 5.04. The average molecular weight is 204 g/mol. The van der Waals surface area contributed by atoms with Crippen molar-refractivity contribution in [1.82, 2.24) is 0 Å². The lowest BCUT2D eigenvalue weighted by atomic mass is 9.95. The maximum atomic E-state index is 10.0. The van der Waals surface area contributed by atoms with Crippen LogP contribution in [0.3, 0.4) is 0 Å². The highest BCUT2D eigenvalue weighted by molar-refractivity contribution is 5.23. The van der Waals surface area contributed by atoms with Crippen LogP contribution in [0.25, 0.3) is 0 Å². The van der Waals surface area contributed by atoms with Crippen molar-refractivity contribution in [3.8, 4) is 0 Å². The molecule has 1 fully saturated rings. The molecule has 0 saturated heterocycles. The Kier molecular flexibility index (Phi) is 2.83. The molecule has 0 heterocycles.